The van der Waals surface area contributed by atoms with Gasteiger partial charge in [0.15, 0.2) is 0 Å². The Bertz CT molecular complexity index is 3610. The lowest BCUT2D eigenvalue weighted by atomic mass is 9.74. The first-order valence-electron chi connectivity index (χ1n) is 51.3. The van der Waals surface area contributed by atoms with Crippen LogP contribution in [0.1, 0.15) is 431 Å². The Morgan fingerprint density at radius 2 is 0.261 bits per heavy atom. The van der Waals surface area contributed by atoms with Gasteiger partial charge in [0.25, 0.3) is 0 Å². The van der Waals surface area contributed by atoms with Crippen LogP contribution in [0.2, 0.25) is 0 Å². The normalized spacial score (nSPS) is 29.6. The predicted molar refractivity (Wildman–Crippen MR) is 520 cm³/mol. The van der Waals surface area contributed by atoms with E-state index in [2.05, 4.69) is 29.4 Å². The van der Waals surface area contributed by atoms with Gasteiger partial charge in [0.05, 0.1) is 0 Å². The highest BCUT2D eigenvalue weighted by Crippen LogP contribution is 2.55. The zero-order valence-corrected chi connectivity index (χ0v) is 91.1. The first kappa shape index (κ1) is 109. The third-order valence-electron chi connectivity index (χ3n) is 33.9. The monoisotopic (exact) mass is 1880 g/mol. The van der Waals surface area contributed by atoms with Crippen LogP contribution in [0.4, 0.5) is 35.7 Å². The largest absolute Gasteiger partial charge is 0.337 e. The van der Waals surface area contributed by atoms with Crippen LogP contribution in [-0.4, -0.2) is 265 Å². The summed E-state index contributed by atoms with van der Waals surface area (Å²) < 4.78 is 0. The fourth-order valence-electron chi connectivity index (χ4n) is 29.8. The van der Waals surface area contributed by atoms with Crippen LogP contribution in [0.15, 0.2) is 0 Å². The van der Waals surface area contributed by atoms with E-state index < -0.39 is 111 Å². The first-order chi connectivity index (χ1) is 60.3. The molecule has 0 amide bonds. The Kier molecular flexibility index (Phi) is 28.8. The Balaban J connectivity index is 1.05. The van der Waals surface area contributed by atoms with E-state index in [4.69, 9.17) is 29.9 Å². The molecule has 10 fully saturated rings. The van der Waals surface area contributed by atoms with E-state index in [0.717, 1.165) is 12.8 Å². The minimum absolute atomic E-state index is 0.299. The molecule has 0 aliphatic carbocycles. The smallest absolute Gasteiger partial charge is 0.232 e. The van der Waals surface area contributed by atoms with E-state index >= 15 is 0 Å². The summed E-state index contributed by atoms with van der Waals surface area (Å²) in [7, 11) is 0. The van der Waals surface area contributed by atoms with Crippen molar-refractivity contribution >= 4 is 35.7 Å². The predicted octanol–water partition coefficient (Wildman–Crippen LogP) is 18.8. The van der Waals surface area contributed by atoms with Gasteiger partial charge in [-0.05, 0) is 418 Å². The quantitative estimate of drug-likeness (QED) is 0.0933. The van der Waals surface area contributed by atoms with Crippen LogP contribution >= 0.6 is 0 Å². The molecule has 2 aromatic heterocycles. The Morgan fingerprint density at radius 3 is 0.373 bits per heavy atom. The van der Waals surface area contributed by atoms with E-state index in [9.17, 15) is 52.1 Å². The lowest BCUT2D eigenvalue weighted by Gasteiger charge is -2.58. The number of nitrogens with zero attached hydrogens (tertiary/aromatic N) is 22. The summed E-state index contributed by atoms with van der Waals surface area (Å²) in [6.45, 7) is 82.0. The van der Waals surface area contributed by atoms with Crippen molar-refractivity contribution in [3.63, 3.8) is 0 Å². The van der Waals surface area contributed by atoms with Gasteiger partial charge in [-0.15, -0.1) is 103 Å². The number of unbranched alkanes of at least 4 members (excludes halogenated alkanes) is 3. The average Bonchev–Trinajstić information content (AvgIpc) is 0.730. The first-order valence-corrected chi connectivity index (χ1v) is 51.3. The molecule has 760 valence electrons. The molecule has 0 unspecified atom stereocenters. The second-order valence-electron chi connectivity index (χ2n) is 56.7. The van der Waals surface area contributed by atoms with Crippen molar-refractivity contribution in [3.8, 4) is 0 Å². The molecular weight excluding hydrogens is 1690 g/mol. The molecule has 0 N–H and O–H groups in total. The van der Waals surface area contributed by atoms with E-state index in [1.807, 2.05) is 277 Å². The molecule has 0 atom stereocenters. The topological polar surface area (TPSA) is 328 Å². The second kappa shape index (κ2) is 35.5. The molecule has 32 nitrogen and oxygen atoms in total. The van der Waals surface area contributed by atoms with Crippen molar-refractivity contribution in [3.05, 3.63) is 0 Å². The van der Waals surface area contributed by atoms with Crippen molar-refractivity contribution in [1.82, 2.24) is 80.5 Å². The molecule has 0 saturated carbocycles. The molecule has 10 radical (unpaired) electrons. The molecule has 32 heteroatoms. The molecule has 0 spiro atoms. The molecule has 0 bridgehead atoms. The van der Waals surface area contributed by atoms with Gasteiger partial charge in [-0.3, -0.25) is 0 Å². The fraction of sp³-hybridized carbons (Fsp3) is 0.941. The molecule has 134 heavy (non-hydrogen) atoms. The maximum atomic E-state index is 14.9. The van der Waals surface area contributed by atoms with Gasteiger partial charge in [-0.2, -0.15) is 29.9 Å². The maximum absolute atomic E-state index is 14.9. The molecule has 10 aliphatic heterocycles. The van der Waals surface area contributed by atoms with Crippen LogP contribution in [-0.2, 0) is 52.1 Å². The molecule has 2 aromatic rings. The molecular formula is C102H182N22O10. The molecule has 12 rings (SSSR count). The highest BCUT2D eigenvalue weighted by atomic mass is 16.5. The third kappa shape index (κ3) is 21.1. The standard InChI is InChI=1S/C102H182N22O10/c1-83(2)47-67(48-84(3,4)115(83)125)109(77-103-79(111(69-51-87(9,10)117(127)88(11,12)52-69)70-53-89(13,14)118(128)90(15,16)54-70)107-80(104-77)112(71-55-91(17,18)119(129)92(19,20)56-71)72-57-93(21,22)120(130)94(23,24)58-72)45-43-41-42-44-46-110(68-49-85(5,6)116(126)86(7,8)50-68)78-105-81(113(73-59-95(25,26)121(131)96(27,28)60-73)74-61-97(29,30)122(132)98(31,32)62-74)108-82(106-78)114(75-63-99(33,34)123(133)100(35,36)64-75)76-65-101(37,38)124(134)102(39,40)66-76/h67-76H,41-66H2,1-40H3. The van der Waals surface area contributed by atoms with Crippen LogP contribution in [0.25, 0.3) is 0 Å². The zero-order valence-electron chi connectivity index (χ0n) is 91.1. The Labute approximate surface area is 808 Å². The number of hydroxylamine groups is 20. The molecule has 10 aliphatic rings. The van der Waals surface area contributed by atoms with Crippen LogP contribution in [0.5, 0.6) is 0 Å². The summed E-state index contributed by atoms with van der Waals surface area (Å²) in [6.07, 6.45) is 11.9. The molecule has 0 aromatic carbocycles. The van der Waals surface area contributed by atoms with Gasteiger partial charge < -0.3 is 29.4 Å². The van der Waals surface area contributed by atoms with Gasteiger partial charge in [0.1, 0.15) is 0 Å². The third-order valence-corrected chi connectivity index (χ3v) is 33.9. The average molecular weight is 1880 g/mol. The number of anilines is 6. The van der Waals surface area contributed by atoms with E-state index in [0.29, 0.717) is 190 Å². The summed E-state index contributed by atoms with van der Waals surface area (Å²) in [5.74, 6) is 2.59. The summed E-state index contributed by atoms with van der Waals surface area (Å²) in [4.78, 5) is 50.2. The molecule has 12 heterocycles. The lowest BCUT2D eigenvalue weighted by Crippen LogP contribution is -2.68. The zero-order chi connectivity index (χ0) is 101. The van der Waals surface area contributed by atoms with Crippen molar-refractivity contribution in [2.24, 2.45) is 0 Å². The molecule has 10 saturated heterocycles. The van der Waals surface area contributed by atoms with Gasteiger partial charge in [-0.1, -0.05) is 12.8 Å². The van der Waals surface area contributed by atoms with Crippen molar-refractivity contribution in [2.45, 2.75) is 602 Å². The SMILES string of the molecule is CC1(C)CC(N(CCCCCCN(c2nc(N(C3CC(C)(C)N([O])C(C)(C)C3)C3CC(C)(C)N([O])C(C)(C)C3)nc(N(C3CC(C)(C)N([O])C(C)(C)C3)C3CC(C)(C)N([O])C(C)(C)C3)n2)C2CC(C)(C)N([O])C(C)(C)C2)c2nc(N(C3CC(C)(C)N([O])C(C)(C)C3)C3CC(C)(C)N([O])C(C)(C)C3)nc(N(C3CC(C)(C)N([O])C(C)(C)C3)C3CC(C)(C)N([O])C(C)(C)C3)n2)CC(C)(C)N1[O]. The van der Waals surface area contributed by atoms with Crippen molar-refractivity contribution in [1.29, 1.82) is 0 Å². The summed E-state index contributed by atoms with van der Waals surface area (Å²) >= 11 is 0. The summed E-state index contributed by atoms with van der Waals surface area (Å²) in [5.41, 5.74) is -17.0. The van der Waals surface area contributed by atoms with Gasteiger partial charge in [0, 0.05) is 184 Å². The highest BCUT2D eigenvalue weighted by molar-refractivity contribution is 5.54. The van der Waals surface area contributed by atoms with E-state index in [-0.39, 0.29) is 60.4 Å². The second-order valence-corrected chi connectivity index (χ2v) is 56.7. The van der Waals surface area contributed by atoms with Gasteiger partial charge in [-0.25, -0.2) is 0 Å². The van der Waals surface area contributed by atoms with Gasteiger partial charge >= 0.3 is 0 Å². The highest BCUT2D eigenvalue weighted by Gasteiger charge is 2.62. The van der Waals surface area contributed by atoms with Crippen molar-refractivity contribution < 1.29 is 52.1 Å². The lowest BCUT2D eigenvalue weighted by molar-refractivity contribution is -0.294. The number of piperidine rings is 10. The maximum Gasteiger partial charge on any atom is 0.232 e. The van der Waals surface area contributed by atoms with Gasteiger partial charge in [0.2, 0.25) is 35.7 Å². The number of aromatic nitrogens is 6. The number of hydrogen-bond donors (Lipinski definition) is 0. The van der Waals surface area contributed by atoms with Crippen LogP contribution < -0.4 is 29.4 Å². The Morgan fingerprint density at radius 1 is 0.164 bits per heavy atom. The Hall–Kier alpha value is -3.98. The number of rotatable bonds is 23. The van der Waals surface area contributed by atoms with E-state index in [1.54, 1.807) is 0 Å². The van der Waals surface area contributed by atoms with Crippen molar-refractivity contribution in [2.75, 3.05) is 42.5 Å². The van der Waals surface area contributed by atoms with Crippen LogP contribution in [0, 0.1) is 0 Å². The minimum Gasteiger partial charge on any atom is -0.337 e. The summed E-state index contributed by atoms with van der Waals surface area (Å²) in [5, 5.41) is 161. The number of hydrogen-bond acceptors (Lipinski definition) is 22. The fourth-order valence-corrected chi connectivity index (χ4v) is 29.8. The minimum atomic E-state index is -0.855. The summed E-state index contributed by atoms with van der Waals surface area (Å²) in [6, 6.07) is -3.12. The van der Waals surface area contributed by atoms with E-state index in [1.165, 1.54) is 50.6 Å². The van der Waals surface area contributed by atoms with Crippen LogP contribution in [0.3, 0.4) is 0 Å².